The summed E-state index contributed by atoms with van der Waals surface area (Å²) in [6.07, 6.45) is 3.09. The molecule has 0 N–H and O–H groups in total. The molecule has 1 aromatic rings. The van der Waals surface area contributed by atoms with Crippen LogP contribution in [0.3, 0.4) is 0 Å². The number of hydrogen-bond donors (Lipinski definition) is 0. The van der Waals surface area contributed by atoms with Crippen LogP contribution in [0, 0.1) is 5.82 Å². The molecule has 0 spiro atoms. The van der Waals surface area contributed by atoms with Crippen LogP contribution in [0.5, 0.6) is 0 Å². The Kier molecular flexibility index (Phi) is 4.35. The van der Waals surface area contributed by atoms with Crippen molar-refractivity contribution in [3.8, 4) is 0 Å². The van der Waals surface area contributed by atoms with Crippen LogP contribution in [0.1, 0.15) is 19.8 Å². The van der Waals surface area contributed by atoms with E-state index in [9.17, 15) is 4.39 Å². The van der Waals surface area contributed by atoms with Gasteiger partial charge in [0.25, 0.3) is 0 Å². The van der Waals surface area contributed by atoms with Crippen molar-refractivity contribution in [1.29, 1.82) is 0 Å². The van der Waals surface area contributed by atoms with E-state index in [0.717, 1.165) is 38.7 Å². The molecule has 2 heterocycles. The highest BCUT2D eigenvalue weighted by Crippen LogP contribution is 2.23. The van der Waals surface area contributed by atoms with Crippen molar-refractivity contribution in [3.63, 3.8) is 0 Å². The molecule has 0 saturated carbocycles. The van der Waals surface area contributed by atoms with Crippen LogP contribution in [0.25, 0.3) is 0 Å². The van der Waals surface area contributed by atoms with Gasteiger partial charge in [-0.1, -0.05) is 6.92 Å². The lowest BCUT2D eigenvalue weighted by Gasteiger charge is -2.31. The predicted octanol–water partition coefficient (Wildman–Crippen LogP) is 2.19. The van der Waals surface area contributed by atoms with E-state index in [1.54, 1.807) is 0 Å². The Morgan fingerprint density at radius 1 is 1.50 bits per heavy atom. The fraction of sp³-hybridized carbons (Fsp3) is 0.667. The van der Waals surface area contributed by atoms with Gasteiger partial charge in [0.1, 0.15) is 0 Å². The van der Waals surface area contributed by atoms with Gasteiger partial charge in [0, 0.05) is 19.1 Å². The number of halogens is 2. The largest absolute Gasteiger partial charge is 0.350 e. The second-order valence-electron chi connectivity index (χ2n) is 4.68. The summed E-state index contributed by atoms with van der Waals surface area (Å²) in [5.74, 6) is -0.0699. The number of hydrogen-bond acceptors (Lipinski definition) is 4. The summed E-state index contributed by atoms with van der Waals surface area (Å²) in [6.45, 7) is 4.84. The maximum Gasteiger partial charge on any atom is 0.224 e. The van der Waals surface area contributed by atoms with Crippen molar-refractivity contribution in [2.75, 3.05) is 31.6 Å². The van der Waals surface area contributed by atoms with Crippen LogP contribution < -0.4 is 4.90 Å². The SMILES string of the molecule is CCC1CN(C)CCCN1c1nc(Cl)ncc1F. The molecule has 2 rings (SSSR count). The van der Waals surface area contributed by atoms with Gasteiger partial charge < -0.3 is 9.80 Å². The lowest BCUT2D eigenvalue weighted by molar-refractivity contribution is 0.327. The van der Waals surface area contributed by atoms with Crippen molar-refractivity contribution in [2.45, 2.75) is 25.8 Å². The Labute approximate surface area is 112 Å². The molecule has 1 atom stereocenters. The van der Waals surface area contributed by atoms with Gasteiger partial charge in [0.15, 0.2) is 11.6 Å². The molecule has 1 aliphatic heterocycles. The van der Waals surface area contributed by atoms with E-state index >= 15 is 0 Å². The molecule has 1 saturated heterocycles. The molecule has 1 aromatic heterocycles. The molecular weight excluding hydrogens is 255 g/mol. The molecule has 0 aliphatic carbocycles. The molecule has 0 bridgehead atoms. The lowest BCUT2D eigenvalue weighted by atomic mass is 10.2. The van der Waals surface area contributed by atoms with Crippen LogP contribution in [-0.2, 0) is 0 Å². The first kappa shape index (κ1) is 13.5. The van der Waals surface area contributed by atoms with E-state index in [-0.39, 0.29) is 11.3 Å². The van der Waals surface area contributed by atoms with E-state index < -0.39 is 5.82 Å². The Balaban J connectivity index is 2.31. The van der Waals surface area contributed by atoms with Gasteiger partial charge in [-0.25, -0.2) is 9.37 Å². The third-order valence-electron chi connectivity index (χ3n) is 3.34. The fourth-order valence-corrected chi connectivity index (χ4v) is 2.54. The lowest BCUT2D eigenvalue weighted by Crippen LogP contribution is -2.40. The molecule has 0 radical (unpaired) electrons. The van der Waals surface area contributed by atoms with Crippen LogP contribution in [-0.4, -0.2) is 47.6 Å². The third-order valence-corrected chi connectivity index (χ3v) is 3.52. The smallest absolute Gasteiger partial charge is 0.224 e. The molecule has 1 fully saturated rings. The van der Waals surface area contributed by atoms with Gasteiger partial charge in [-0.05, 0) is 38.0 Å². The minimum Gasteiger partial charge on any atom is -0.350 e. The van der Waals surface area contributed by atoms with E-state index in [1.807, 2.05) is 4.90 Å². The average Bonchev–Trinajstić information content (AvgIpc) is 2.53. The molecule has 100 valence electrons. The summed E-state index contributed by atoms with van der Waals surface area (Å²) in [5, 5.41) is 0.0962. The summed E-state index contributed by atoms with van der Waals surface area (Å²) in [5.41, 5.74) is 0. The third kappa shape index (κ3) is 2.90. The first-order valence-electron chi connectivity index (χ1n) is 6.25. The summed E-state index contributed by atoms with van der Waals surface area (Å²) in [6, 6.07) is 0.262. The zero-order valence-electron chi connectivity index (χ0n) is 10.7. The van der Waals surface area contributed by atoms with Crippen molar-refractivity contribution in [1.82, 2.24) is 14.9 Å². The Morgan fingerprint density at radius 2 is 2.28 bits per heavy atom. The van der Waals surface area contributed by atoms with Crippen molar-refractivity contribution >= 4 is 17.4 Å². The second-order valence-corrected chi connectivity index (χ2v) is 5.02. The zero-order valence-corrected chi connectivity index (χ0v) is 11.5. The van der Waals surface area contributed by atoms with Crippen LogP contribution in [0.15, 0.2) is 6.20 Å². The number of nitrogens with zero attached hydrogens (tertiary/aromatic N) is 4. The standard InChI is InChI=1S/C12H18ClFN4/c1-3-9-8-17(2)5-4-6-18(9)11-10(14)7-15-12(13)16-11/h7,9H,3-6,8H2,1-2H3. The summed E-state index contributed by atoms with van der Waals surface area (Å²) in [4.78, 5) is 12.0. The molecule has 1 unspecified atom stereocenters. The number of anilines is 1. The van der Waals surface area contributed by atoms with Crippen molar-refractivity contribution in [3.05, 3.63) is 17.3 Å². The minimum atomic E-state index is -0.401. The minimum absolute atomic E-state index is 0.0962. The highest BCUT2D eigenvalue weighted by atomic mass is 35.5. The normalized spacial score (nSPS) is 22.0. The molecule has 6 heteroatoms. The molecule has 1 aliphatic rings. The maximum atomic E-state index is 13.9. The molecule has 18 heavy (non-hydrogen) atoms. The van der Waals surface area contributed by atoms with Crippen molar-refractivity contribution < 1.29 is 4.39 Å². The number of likely N-dealkylation sites (N-methyl/N-ethyl adjacent to an activating group) is 1. The Morgan fingerprint density at radius 3 is 3.00 bits per heavy atom. The number of rotatable bonds is 2. The van der Waals surface area contributed by atoms with Crippen LogP contribution in [0.2, 0.25) is 5.28 Å². The molecule has 0 aromatic carbocycles. The van der Waals surface area contributed by atoms with Gasteiger partial charge in [-0.2, -0.15) is 4.98 Å². The predicted molar refractivity (Wildman–Crippen MR) is 70.5 cm³/mol. The first-order chi connectivity index (χ1) is 8.61. The Hall–Kier alpha value is -0.940. The van der Waals surface area contributed by atoms with Crippen molar-refractivity contribution in [2.24, 2.45) is 0 Å². The summed E-state index contributed by atoms with van der Waals surface area (Å²) >= 11 is 5.77. The molecular formula is C12H18ClFN4. The van der Waals surface area contributed by atoms with Gasteiger partial charge in [0.2, 0.25) is 5.28 Å². The molecule has 0 amide bonds. The van der Waals surface area contributed by atoms with Crippen LogP contribution in [0.4, 0.5) is 10.2 Å². The monoisotopic (exact) mass is 272 g/mol. The summed E-state index contributed by atoms with van der Waals surface area (Å²) < 4.78 is 13.9. The van der Waals surface area contributed by atoms with Gasteiger partial charge in [0.05, 0.1) is 6.20 Å². The van der Waals surface area contributed by atoms with Gasteiger partial charge in [-0.15, -0.1) is 0 Å². The summed E-state index contributed by atoms with van der Waals surface area (Å²) in [7, 11) is 2.09. The van der Waals surface area contributed by atoms with E-state index in [2.05, 4.69) is 28.8 Å². The quantitative estimate of drug-likeness (QED) is 0.773. The highest BCUT2D eigenvalue weighted by molar-refractivity contribution is 6.28. The average molecular weight is 273 g/mol. The fourth-order valence-electron chi connectivity index (χ4n) is 2.41. The van der Waals surface area contributed by atoms with E-state index in [0.29, 0.717) is 5.82 Å². The van der Waals surface area contributed by atoms with Crippen LogP contribution >= 0.6 is 11.6 Å². The zero-order chi connectivity index (χ0) is 13.1. The highest BCUT2D eigenvalue weighted by Gasteiger charge is 2.25. The number of aromatic nitrogens is 2. The van der Waals surface area contributed by atoms with Gasteiger partial charge in [-0.3, -0.25) is 0 Å². The maximum absolute atomic E-state index is 13.9. The van der Waals surface area contributed by atoms with Gasteiger partial charge >= 0.3 is 0 Å². The topological polar surface area (TPSA) is 32.3 Å². The van der Waals surface area contributed by atoms with E-state index in [1.165, 1.54) is 0 Å². The second kappa shape index (κ2) is 5.80. The Bertz CT molecular complexity index is 415. The molecule has 4 nitrogen and oxygen atoms in total. The van der Waals surface area contributed by atoms with E-state index in [4.69, 9.17) is 11.6 Å². The first-order valence-corrected chi connectivity index (χ1v) is 6.62.